The average molecular weight is 329 g/mol. The van der Waals surface area contributed by atoms with Crippen LogP contribution in [-0.2, 0) is 19.5 Å². The van der Waals surface area contributed by atoms with Crippen molar-refractivity contribution in [3.05, 3.63) is 41.0 Å². The third-order valence-electron chi connectivity index (χ3n) is 4.31. The lowest BCUT2D eigenvalue weighted by Crippen LogP contribution is -2.31. The molecule has 6 nitrogen and oxygen atoms in total. The Morgan fingerprint density at radius 2 is 1.88 bits per heavy atom. The number of aryl methyl sites for hydroxylation is 1. The molecule has 0 fully saturated rings. The first-order valence-corrected chi connectivity index (χ1v) is 7.97. The number of hydrogen-bond acceptors (Lipinski definition) is 6. The molecule has 1 aromatic carbocycles. The van der Waals surface area contributed by atoms with Gasteiger partial charge in [0.2, 0.25) is 5.75 Å². The predicted octanol–water partition coefficient (Wildman–Crippen LogP) is 2.37. The fourth-order valence-corrected chi connectivity index (χ4v) is 3.14. The Balaban J connectivity index is 1.83. The highest BCUT2D eigenvalue weighted by Crippen LogP contribution is 2.40. The van der Waals surface area contributed by atoms with Crippen LogP contribution in [0.5, 0.6) is 17.2 Å². The molecule has 1 aliphatic rings. The van der Waals surface area contributed by atoms with E-state index in [0.29, 0.717) is 11.5 Å². The molecule has 0 amide bonds. The van der Waals surface area contributed by atoms with Crippen molar-refractivity contribution in [2.75, 3.05) is 27.9 Å². The van der Waals surface area contributed by atoms with Crippen LogP contribution in [-0.4, -0.2) is 42.7 Å². The number of aromatic nitrogens is 2. The van der Waals surface area contributed by atoms with E-state index in [0.717, 1.165) is 48.9 Å². The summed E-state index contributed by atoms with van der Waals surface area (Å²) >= 11 is 0. The summed E-state index contributed by atoms with van der Waals surface area (Å²) in [7, 11) is 4.91. The fraction of sp³-hybridized carbons (Fsp3) is 0.444. The molecule has 0 N–H and O–H groups in total. The molecule has 128 valence electrons. The first-order valence-electron chi connectivity index (χ1n) is 7.97. The summed E-state index contributed by atoms with van der Waals surface area (Å²) in [6, 6.07) is 3.95. The number of fused-ring (bicyclic) bond motifs is 1. The zero-order valence-electron chi connectivity index (χ0n) is 14.6. The van der Waals surface area contributed by atoms with Crippen LogP contribution in [0, 0.1) is 6.92 Å². The van der Waals surface area contributed by atoms with Gasteiger partial charge < -0.3 is 14.2 Å². The Morgan fingerprint density at radius 3 is 2.58 bits per heavy atom. The Kier molecular flexibility index (Phi) is 4.85. The second-order valence-electron chi connectivity index (χ2n) is 5.84. The van der Waals surface area contributed by atoms with Crippen LogP contribution in [0.4, 0.5) is 0 Å². The average Bonchev–Trinajstić information content (AvgIpc) is 2.61. The summed E-state index contributed by atoms with van der Waals surface area (Å²) < 4.78 is 16.4. The quantitative estimate of drug-likeness (QED) is 0.839. The minimum Gasteiger partial charge on any atom is -0.493 e. The van der Waals surface area contributed by atoms with Gasteiger partial charge >= 0.3 is 0 Å². The van der Waals surface area contributed by atoms with E-state index in [1.807, 2.05) is 25.3 Å². The van der Waals surface area contributed by atoms with Crippen LogP contribution >= 0.6 is 0 Å². The van der Waals surface area contributed by atoms with E-state index < -0.39 is 0 Å². The highest BCUT2D eigenvalue weighted by molar-refractivity contribution is 5.55. The van der Waals surface area contributed by atoms with Gasteiger partial charge in [-0.2, -0.15) is 0 Å². The molecular formula is C18H23N3O3. The first-order chi connectivity index (χ1) is 11.7. The van der Waals surface area contributed by atoms with Gasteiger partial charge in [0, 0.05) is 49.1 Å². The maximum atomic E-state index is 5.58. The normalized spacial score (nSPS) is 14.2. The molecule has 0 unspecified atom stereocenters. The maximum absolute atomic E-state index is 5.58. The molecule has 0 aliphatic carbocycles. The summed E-state index contributed by atoms with van der Waals surface area (Å²) in [5.41, 5.74) is 3.44. The Bertz CT molecular complexity index is 734. The predicted molar refractivity (Wildman–Crippen MR) is 90.7 cm³/mol. The monoisotopic (exact) mass is 329 g/mol. The summed E-state index contributed by atoms with van der Waals surface area (Å²) in [6.07, 6.45) is 2.88. The van der Waals surface area contributed by atoms with Crippen molar-refractivity contribution in [1.29, 1.82) is 0 Å². The van der Waals surface area contributed by atoms with Gasteiger partial charge in [0.15, 0.2) is 11.5 Å². The van der Waals surface area contributed by atoms with Crippen molar-refractivity contribution < 1.29 is 14.2 Å². The number of hydrogen-bond donors (Lipinski definition) is 0. The van der Waals surface area contributed by atoms with Crippen LogP contribution < -0.4 is 14.2 Å². The smallest absolute Gasteiger partial charge is 0.203 e. The molecule has 3 rings (SSSR count). The second kappa shape index (κ2) is 7.05. The minimum absolute atomic E-state index is 0.633. The molecule has 0 atom stereocenters. The maximum Gasteiger partial charge on any atom is 0.203 e. The first kappa shape index (κ1) is 16.5. The van der Waals surface area contributed by atoms with Gasteiger partial charge in [-0.1, -0.05) is 6.07 Å². The highest BCUT2D eigenvalue weighted by Gasteiger charge is 2.21. The third-order valence-corrected chi connectivity index (χ3v) is 4.31. The largest absolute Gasteiger partial charge is 0.493 e. The zero-order chi connectivity index (χ0) is 17.1. The molecule has 0 saturated heterocycles. The van der Waals surface area contributed by atoms with Crippen molar-refractivity contribution >= 4 is 0 Å². The lowest BCUT2D eigenvalue weighted by Gasteiger charge is -2.28. The van der Waals surface area contributed by atoms with E-state index in [1.165, 1.54) is 5.56 Å². The van der Waals surface area contributed by atoms with Gasteiger partial charge in [0.1, 0.15) is 5.82 Å². The fourth-order valence-electron chi connectivity index (χ4n) is 3.14. The van der Waals surface area contributed by atoms with Crippen LogP contribution in [0.2, 0.25) is 0 Å². The van der Waals surface area contributed by atoms with Crippen LogP contribution in [0.25, 0.3) is 0 Å². The summed E-state index contributed by atoms with van der Waals surface area (Å²) in [4.78, 5) is 11.2. The van der Waals surface area contributed by atoms with Crippen molar-refractivity contribution in [3.8, 4) is 17.2 Å². The minimum atomic E-state index is 0.633. The van der Waals surface area contributed by atoms with Gasteiger partial charge in [-0.3, -0.25) is 4.90 Å². The summed E-state index contributed by atoms with van der Waals surface area (Å²) in [5.74, 6) is 2.87. The number of rotatable bonds is 5. The molecule has 0 spiro atoms. The zero-order valence-corrected chi connectivity index (χ0v) is 14.6. The number of methoxy groups -OCH3 is 3. The van der Waals surface area contributed by atoms with Gasteiger partial charge in [-0.05, 0) is 13.0 Å². The number of nitrogens with zero attached hydrogens (tertiary/aromatic N) is 3. The summed E-state index contributed by atoms with van der Waals surface area (Å²) in [5, 5.41) is 0. The van der Waals surface area contributed by atoms with Gasteiger partial charge in [-0.15, -0.1) is 0 Å². The van der Waals surface area contributed by atoms with E-state index in [9.17, 15) is 0 Å². The van der Waals surface area contributed by atoms with Crippen molar-refractivity contribution in [2.45, 2.75) is 26.4 Å². The topological polar surface area (TPSA) is 56.7 Å². The van der Waals surface area contributed by atoms with Crippen molar-refractivity contribution in [3.63, 3.8) is 0 Å². The molecule has 2 heterocycles. The van der Waals surface area contributed by atoms with E-state index in [-0.39, 0.29) is 0 Å². The Labute approximate surface area is 142 Å². The second-order valence-corrected chi connectivity index (χ2v) is 5.84. The van der Waals surface area contributed by atoms with Gasteiger partial charge in [-0.25, -0.2) is 9.97 Å². The van der Waals surface area contributed by atoms with Crippen LogP contribution in [0.3, 0.4) is 0 Å². The van der Waals surface area contributed by atoms with E-state index >= 15 is 0 Å². The molecule has 24 heavy (non-hydrogen) atoms. The van der Waals surface area contributed by atoms with Crippen molar-refractivity contribution in [1.82, 2.24) is 14.9 Å². The molecular weight excluding hydrogens is 306 g/mol. The number of ether oxygens (including phenoxy) is 3. The Hall–Kier alpha value is -2.34. The molecule has 1 aromatic heterocycles. The van der Waals surface area contributed by atoms with Crippen LogP contribution in [0.15, 0.2) is 18.3 Å². The SMILES string of the molecule is COc1ccc(CN2CCc3nc(C)ncc3C2)c(OC)c1OC. The highest BCUT2D eigenvalue weighted by atomic mass is 16.5. The Morgan fingerprint density at radius 1 is 1.08 bits per heavy atom. The van der Waals surface area contributed by atoms with Crippen LogP contribution in [0.1, 0.15) is 22.6 Å². The lowest BCUT2D eigenvalue weighted by molar-refractivity contribution is 0.237. The van der Waals surface area contributed by atoms with Gasteiger partial charge in [0.25, 0.3) is 0 Å². The molecule has 6 heteroatoms. The third kappa shape index (κ3) is 3.14. The lowest BCUT2D eigenvalue weighted by atomic mass is 10.1. The van der Waals surface area contributed by atoms with E-state index in [2.05, 4.69) is 14.9 Å². The molecule has 0 radical (unpaired) electrons. The van der Waals surface area contributed by atoms with Gasteiger partial charge in [0.05, 0.1) is 21.3 Å². The molecule has 2 aromatic rings. The van der Waals surface area contributed by atoms with Crippen molar-refractivity contribution in [2.24, 2.45) is 0 Å². The molecule has 1 aliphatic heterocycles. The standard InChI is InChI=1S/C18H23N3O3/c1-12-19-9-14-11-21(8-7-15(14)20-12)10-13-5-6-16(22-2)18(24-4)17(13)23-3/h5-6,9H,7-8,10-11H2,1-4H3. The van der Waals surface area contributed by atoms with E-state index in [1.54, 1.807) is 21.3 Å². The number of benzene rings is 1. The summed E-state index contributed by atoms with van der Waals surface area (Å²) in [6.45, 7) is 4.51. The van der Waals surface area contributed by atoms with E-state index in [4.69, 9.17) is 14.2 Å². The molecule has 0 saturated carbocycles. The molecule has 0 bridgehead atoms.